The molecule has 48 valence electrons. The van der Waals surface area contributed by atoms with E-state index in [-0.39, 0.29) is 5.41 Å². The lowest BCUT2D eigenvalue weighted by atomic mass is 9.82. The van der Waals surface area contributed by atoms with Crippen molar-refractivity contribution >= 4 is 0 Å². The molecule has 0 spiro atoms. The van der Waals surface area contributed by atoms with Crippen molar-refractivity contribution < 1.29 is 0 Å². The van der Waals surface area contributed by atoms with E-state index in [9.17, 15) is 0 Å². The summed E-state index contributed by atoms with van der Waals surface area (Å²) in [5, 5.41) is 3.14. The Morgan fingerprint density at radius 2 is 1.75 bits per heavy atom. The van der Waals surface area contributed by atoms with Crippen LogP contribution >= 0.6 is 0 Å². The summed E-state index contributed by atoms with van der Waals surface area (Å²) in [4.78, 5) is 0. The van der Waals surface area contributed by atoms with Gasteiger partial charge in [0.05, 0.1) is 0 Å². The maximum Gasteiger partial charge on any atom is 0.0197 e. The molecule has 0 amide bonds. The average Bonchev–Trinajstić information content (AvgIpc) is 1.67. The van der Waals surface area contributed by atoms with Gasteiger partial charge in [-0.25, -0.2) is 0 Å². The van der Waals surface area contributed by atoms with E-state index in [0.717, 1.165) is 26.2 Å². The molecule has 3 nitrogen and oxygen atoms in total. The van der Waals surface area contributed by atoms with Crippen molar-refractivity contribution in [3.8, 4) is 0 Å². The Hall–Kier alpha value is -0.120. The van der Waals surface area contributed by atoms with E-state index >= 15 is 0 Å². The molecule has 0 radical (unpaired) electrons. The molecule has 1 heterocycles. The van der Waals surface area contributed by atoms with Gasteiger partial charge in [0.25, 0.3) is 0 Å². The summed E-state index contributed by atoms with van der Waals surface area (Å²) in [7, 11) is 0. The lowest BCUT2D eigenvalue weighted by Gasteiger charge is -2.40. The van der Waals surface area contributed by atoms with Crippen molar-refractivity contribution in [2.24, 2.45) is 16.9 Å². The maximum absolute atomic E-state index is 5.46. The predicted molar refractivity (Wildman–Crippen MR) is 33.4 cm³/mol. The molecule has 8 heavy (non-hydrogen) atoms. The topological polar surface area (TPSA) is 64.1 Å². The van der Waals surface area contributed by atoms with Crippen LogP contribution in [0.2, 0.25) is 0 Å². The highest BCUT2D eigenvalue weighted by Gasteiger charge is 2.33. The zero-order valence-electron chi connectivity index (χ0n) is 4.98. The molecule has 0 unspecified atom stereocenters. The summed E-state index contributed by atoms with van der Waals surface area (Å²) >= 11 is 0. The van der Waals surface area contributed by atoms with Gasteiger partial charge in [-0.2, -0.15) is 0 Å². The average molecular weight is 115 g/mol. The highest BCUT2D eigenvalue weighted by Crippen LogP contribution is 2.17. The Kier molecular flexibility index (Phi) is 1.51. The summed E-state index contributed by atoms with van der Waals surface area (Å²) in [6.45, 7) is 3.44. The quantitative estimate of drug-likeness (QED) is 0.410. The maximum atomic E-state index is 5.46. The van der Waals surface area contributed by atoms with Gasteiger partial charge in [0.2, 0.25) is 0 Å². The van der Waals surface area contributed by atoms with Gasteiger partial charge in [-0.1, -0.05) is 0 Å². The molecule has 1 saturated heterocycles. The molecule has 0 aromatic carbocycles. The van der Waals surface area contributed by atoms with Crippen LogP contribution in [0.3, 0.4) is 0 Å². The van der Waals surface area contributed by atoms with Crippen LogP contribution in [-0.4, -0.2) is 26.2 Å². The molecule has 0 aliphatic carbocycles. The van der Waals surface area contributed by atoms with E-state index in [4.69, 9.17) is 11.5 Å². The molecule has 1 aliphatic heterocycles. The van der Waals surface area contributed by atoms with Gasteiger partial charge >= 0.3 is 0 Å². The number of hydrogen-bond acceptors (Lipinski definition) is 3. The van der Waals surface area contributed by atoms with Crippen molar-refractivity contribution in [3.63, 3.8) is 0 Å². The molecule has 0 bridgehead atoms. The smallest absolute Gasteiger partial charge is 0.0197 e. The summed E-state index contributed by atoms with van der Waals surface area (Å²) < 4.78 is 0. The zero-order valence-corrected chi connectivity index (χ0v) is 4.98. The van der Waals surface area contributed by atoms with Crippen LogP contribution < -0.4 is 16.8 Å². The fourth-order valence-electron chi connectivity index (χ4n) is 0.851. The third kappa shape index (κ3) is 0.727. The van der Waals surface area contributed by atoms with Crippen LogP contribution in [0.25, 0.3) is 0 Å². The van der Waals surface area contributed by atoms with Gasteiger partial charge < -0.3 is 16.8 Å². The van der Waals surface area contributed by atoms with E-state index < -0.39 is 0 Å². The Morgan fingerprint density at radius 1 is 1.25 bits per heavy atom. The van der Waals surface area contributed by atoms with Crippen molar-refractivity contribution in [3.05, 3.63) is 0 Å². The second-order valence-corrected chi connectivity index (χ2v) is 2.51. The monoisotopic (exact) mass is 115 g/mol. The second-order valence-electron chi connectivity index (χ2n) is 2.51. The molecule has 0 saturated carbocycles. The fraction of sp³-hybridized carbons (Fsp3) is 1.00. The third-order valence-corrected chi connectivity index (χ3v) is 1.87. The van der Waals surface area contributed by atoms with Gasteiger partial charge in [0, 0.05) is 31.6 Å². The van der Waals surface area contributed by atoms with Crippen LogP contribution in [-0.2, 0) is 0 Å². The van der Waals surface area contributed by atoms with Crippen LogP contribution in [0.1, 0.15) is 0 Å². The molecule has 1 rings (SSSR count). The van der Waals surface area contributed by atoms with Gasteiger partial charge in [0.1, 0.15) is 0 Å². The van der Waals surface area contributed by atoms with Gasteiger partial charge in [0.15, 0.2) is 0 Å². The lowest BCUT2D eigenvalue weighted by molar-refractivity contribution is 0.190. The second kappa shape index (κ2) is 2.01. The van der Waals surface area contributed by atoms with E-state index in [1.54, 1.807) is 0 Å². The number of rotatable bonds is 2. The highest BCUT2D eigenvalue weighted by atomic mass is 15.0. The van der Waals surface area contributed by atoms with E-state index in [2.05, 4.69) is 5.32 Å². The Morgan fingerprint density at radius 3 is 1.75 bits per heavy atom. The van der Waals surface area contributed by atoms with Crippen LogP contribution in [0.15, 0.2) is 0 Å². The summed E-state index contributed by atoms with van der Waals surface area (Å²) in [6.07, 6.45) is 0. The standard InChI is InChI=1S/C5H13N3/c6-1-5(2-7)3-8-4-5/h8H,1-4,6-7H2. The minimum atomic E-state index is 0.250. The molecule has 0 atom stereocenters. The highest BCUT2D eigenvalue weighted by molar-refractivity contribution is 4.93. The van der Waals surface area contributed by atoms with Gasteiger partial charge in [-0.3, -0.25) is 0 Å². The SMILES string of the molecule is NCC1(CN)CNC1. The van der Waals surface area contributed by atoms with Crippen molar-refractivity contribution in [2.75, 3.05) is 26.2 Å². The fourth-order valence-corrected chi connectivity index (χ4v) is 0.851. The first-order chi connectivity index (χ1) is 3.83. The van der Waals surface area contributed by atoms with Crippen molar-refractivity contribution in [2.45, 2.75) is 0 Å². The number of hydrogen-bond donors (Lipinski definition) is 3. The van der Waals surface area contributed by atoms with Crippen LogP contribution in [0, 0.1) is 5.41 Å². The van der Waals surface area contributed by atoms with Gasteiger partial charge in [-0.15, -0.1) is 0 Å². The van der Waals surface area contributed by atoms with Crippen molar-refractivity contribution in [1.29, 1.82) is 0 Å². The molecular formula is C5H13N3. The molecule has 1 fully saturated rings. The molecule has 1 aliphatic rings. The first-order valence-corrected chi connectivity index (χ1v) is 2.94. The first kappa shape index (κ1) is 6.01. The van der Waals surface area contributed by atoms with Gasteiger partial charge in [-0.05, 0) is 0 Å². The number of nitrogens with one attached hydrogen (secondary N) is 1. The Labute approximate surface area is 49.4 Å². The summed E-state index contributed by atoms with van der Waals surface area (Å²) in [5.74, 6) is 0. The normalized spacial score (nSPS) is 24.8. The minimum Gasteiger partial charge on any atom is -0.330 e. The Bertz CT molecular complexity index is 64.2. The van der Waals surface area contributed by atoms with Crippen LogP contribution in [0.5, 0.6) is 0 Å². The molecular weight excluding hydrogens is 102 g/mol. The summed E-state index contributed by atoms with van der Waals surface area (Å²) in [5.41, 5.74) is 11.2. The molecule has 0 aromatic rings. The minimum absolute atomic E-state index is 0.250. The molecule has 5 N–H and O–H groups in total. The molecule has 0 aromatic heterocycles. The van der Waals surface area contributed by atoms with E-state index in [1.165, 1.54) is 0 Å². The number of nitrogens with two attached hydrogens (primary N) is 2. The summed E-state index contributed by atoms with van der Waals surface area (Å²) in [6, 6.07) is 0. The van der Waals surface area contributed by atoms with Crippen molar-refractivity contribution in [1.82, 2.24) is 5.32 Å². The van der Waals surface area contributed by atoms with E-state index in [1.807, 2.05) is 0 Å². The predicted octanol–water partition coefficient (Wildman–Crippen LogP) is -1.51. The van der Waals surface area contributed by atoms with Crippen LogP contribution in [0.4, 0.5) is 0 Å². The largest absolute Gasteiger partial charge is 0.330 e. The lowest BCUT2D eigenvalue weighted by Crippen LogP contribution is -2.61. The molecule has 3 heteroatoms. The zero-order chi connectivity index (χ0) is 6.04. The Balaban J connectivity index is 2.33. The first-order valence-electron chi connectivity index (χ1n) is 2.94. The third-order valence-electron chi connectivity index (χ3n) is 1.87. The van der Waals surface area contributed by atoms with E-state index in [0.29, 0.717) is 0 Å².